The van der Waals surface area contributed by atoms with Gasteiger partial charge in [-0.05, 0) is 44.0 Å². The van der Waals surface area contributed by atoms with E-state index in [9.17, 15) is 13.2 Å². The first-order valence-electron chi connectivity index (χ1n) is 10.4. The Hall–Kier alpha value is -2.84. The van der Waals surface area contributed by atoms with Gasteiger partial charge in [-0.25, -0.2) is 8.42 Å². The van der Waals surface area contributed by atoms with E-state index in [2.05, 4.69) is 5.32 Å². The number of rotatable bonds is 6. The normalized spacial score (nSPS) is 18.6. The molecule has 3 aromatic rings. The van der Waals surface area contributed by atoms with Crippen LogP contribution in [0.3, 0.4) is 0 Å². The molecule has 164 valence electrons. The number of methoxy groups -OCH3 is 1. The summed E-state index contributed by atoms with van der Waals surface area (Å²) >= 11 is 0. The molecular weight excluding hydrogens is 416 g/mol. The van der Waals surface area contributed by atoms with Crippen molar-refractivity contribution in [3.63, 3.8) is 0 Å². The first kappa shape index (κ1) is 21.4. The molecule has 1 amide bonds. The lowest BCUT2D eigenvalue weighted by molar-refractivity contribution is -0.126. The van der Waals surface area contributed by atoms with E-state index in [4.69, 9.17) is 9.15 Å². The van der Waals surface area contributed by atoms with Crippen LogP contribution in [0.1, 0.15) is 38.0 Å². The number of sulfonamides is 1. The average molecular weight is 443 g/mol. The molecule has 0 spiro atoms. The van der Waals surface area contributed by atoms with Gasteiger partial charge in [-0.2, -0.15) is 4.31 Å². The molecule has 2 unspecified atom stereocenters. The summed E-state index contributed by atoms with van der Waals surface area (Å²) in [5, 5.41) is 3.81. The SMILES string of the molecule is COc1cccc2cc(C(C)NC(=O)C3CCCCN3S(=O)(=O)c3ccccc3)oc12. The summed E-state index contributed by atoms with van der Waals surface area (Å²) in [7, 11) is -2.18. The van der Waals surface area contributed by atoms with E-state index in [-0.39, 0.29) is 10.8 Å². The Morgan fingerprint density at radius 2 is 1.94 bits per heavy atom. The highest BCUT2D eigenvalue weighted by atomic mass is 32.2. The van der Waals surface area contributed by atoms with E-state index >= 15 is 0 Å². The number of carbonyl (C=O) groups excluding carboxylic acids is 1. The number of nitrogens with zero attached hydrogens (tertiary/aromatic N) is 1. The highest BCUT2D eigenvalue weighted by Crippen LogP contribution is 2.31. The van der Waals surface area contributed by atoms with Crippen molar-refractivity contribution in [1.82, 2.24) is 9.62 Å². The number of piperidine rings is 1. The molecule has 8 heteroatoms. The van der Waals surface area contributed by atoms with Crippen molar-refractivity contribution < 1.29 is 22.4 Å². The second-order valence-corrected chi connectivity index (χ2v) is 9.59. The van der Waals surface area contributed by atoms with Crippen molar-refractivity contribution in [3.8, 4) is 5.75 Å². The van der Waals surface area contributed by atoms with E-state index in [1.807, 2.05) is 31.2 Å². The highest BCUT2D eigenvalue weighted by Gasteiger charge is 2.38. The predicted octanol–water partition coefficient (Wildman–Crippen LogP) is 3.86. The average Bonchev–Trinajstić information content (AvgIpc) is 3.24. The van der Waals surface area contributed by atoms with E-state index in [0.717, 1.165) is 18.2 Å². The second-order valence-electron chi connectivity index (χ2n) is 7.70. The van der Waals surface area contributed by atoms with Crippen molar-refractivity contribution >= 4 is 26.9 Å². The summed E-state index contributed by atoms with van der Waals surface area (Å²) in [6.45, 7) is 2.15. The van der Waals surface area contributed by atoms with E-state index in [0.29, 0.717) is 30.1 Å². The van der Waals surface area contributed by atoms with Gasteiger partial charge in [0.05, 0.1) is 18.0 Å². The van der Waals surface area contributed by atoms with Crippen LogP contribution >= 0.6 is 0 Å². The number of nitrogens with one attached hydrogen (secondary N) is 1. The van der Waals surface area contributed by atoms with Crippen molar-refractivity contribution in [2.75, 3.05) is 13.7 Å². The van der Waals surface area contributed by atoms with Crippen molar-refractivity contribution in [3.05, 3.63) is 60.4 Å². The molecular formula is C23H26N2O5S. The number of hydrogen-bond acceptors (Lipinski definition) is 5. The fraction of sp³-hybridized carbons (Fsp3) is 0.348. The molecule has 1 N–H and O–H groups in total. The molecule has 1 aliphatic heterocycles. The van der Waals surface area contributed by atoms with E-state index in [1.165, 1.54) is 4.31 Å². The summed E-state index contributed by atoms with van der Waals surface area (Å²) in [5.41, 5.74) is 0.618. The number of ether oxygens (including phenoxy) is 1. The minimum absolute atomic E-state index is 0.201. The summed E-state index contributed by atoms with van der Waals surface area (Å²) in [5.74, 6) is 0.884. The molecule has 7 nitrogen and oxygen atoms in total. The Labute approximate surface area is 182 Å². The smallest absolute Gasteiger partial charge is 0.243 e. The third-order valence-electron chi connectivity index (χ3n) is 5.64. The molecule has 0 saturated carbocycles. The van der Waals surface area contributed by atoms with Crippen LogP contribution in [0.5, 0.6) is 5.75 Å². The van der Waals surface area contributed by atoms with Gasteiger partial charge < -0.3 is 14.5 Å². The maximum absolute atomic E-state index is 13.2. The monoisotopic (exact) mass is 442 g/mol. The first-order valence-corrected chi connectivity index (χ1v) is 11.8. The van der Waals surface area contributed by atoms with Crippen LogP contribution in [-0.2, 0) is 14.8 Å². The summed E-state index contributed by atoms with van der Waals surface area (Å²) < 4.78 is 38.9. The summed E-state index contributed by atoms with van der Waals surface area (Å²) in [4.78, 5) is 13.3. The molecule has 31 heavy (non-hydrogen) atoms. The van der Waals surface area contributed by atoms with Crippen LogP contribution in [0.25, 0.3) is 11.0 Å². The molecule has 1 aliphatic rings. The fourth-order valence-electron chi connectivity index (χ4n) is 3.99. The van der Waals surface area contributed by atoms with Gasteiger partial charge in [0.15, 0.2) is 11.3 Å². The van der Waals surface area contributed by atoms with Gasteiger partial charge in [0.1, 0.15) is 11.8 Å². The van der Waals surface area contributed by atoms with Crippen LogP contribution in [0.2, 0.25) is 0 Å². The van der Waals surface area contributed by atoms with Gasteiger partial charge in [0.25, 0.3) is 0 Å². The third-order valence-corrected chi connectivity index (χ3v) is 7.56. The number of hydrogen-bond donors (Lipinski definition) is 1. The zero-order valence-corrected chi connectivity index (χ0v) is 18.4. The Balaban J connectivity index is 1.55. The molecule has 2 heterocycles. The Bertz CT molecular complexity index is 1170. The van der Waals surface area contributed by atoms with Gasteiger partial charge in [0.2, 0.25) is 15.9 Å². The maximum atomic E-state index is 13.2. The molecule has 1 aromatic heterocycles. The van der Waals surface area contributed by atoms with Crippen molar-refractivity contribution in [2.45, 2.75) is 43.2 Å². The fourth-order valence-corrected chi connectivity index (χ4v) is 5.67. The largest absolute Gasteiger partial charge is 0.493 e. The van der Waals surface area contributed by atoms with Crippen LogP contribution in [0.4, 0.5) is 0 Å². The Kier molecular flexibility index (Phi) is 6.02. The lowest BCUT2D eigenvalue weighted by Crippen LogP contribution is -2.52. The lowest BCUT2D eigenvalue weighted by atomic mass is 10.0. The lowest BCUT2D eigenvalue weighted by Gasteiger charge is -2.34. The number of benzene rings is 2. The van der Waals surface area contributed by atoms with Gasteiger partial charge in [-0.3, -0.25) is 4.79 Å². The topological polar surface area (TPSA) is 88.9 Å². The van der Waals surface area contributed by atoms with Crippen molar-refractivity contribution in [2.24, 2.45) is 0 Å². The minimum Gasteiger partial charge on any atom is -0.493 e. The molecule has 1 fully saturated rings. The number of para-hydroxylation sites is 1. The standard InChI is InChI=1S/C23H26N2O5S/c1-16(21-15-17-9-8-13-20(29-2)22(17)30-21)24-23(26)19-12-6-7-14-25(19)31(27,28)18-10-4-3-5-11-18/h3-5,8-11,13,15-16,19H,6-7,12,14H2,1-2H3,(H,24,26). The maximum Gasteiger partial charge on any atom is 0.243 e. The zero-order valence-electron chi connectivity index (χ0n) is 17.6. The minimum atomic E-state index is -3.75. The van der Waals surface area contributed by atoms with Crippen LogP contribution in [0, 0.1) is 0 Å². The summed E-state index contributed by atoms with van der Waals surface area (Å²) in [6, 6.07) is 14.5. The van der Waals surface area contributed by atoms with Gasteiger partial charge in [-0.1, -0.05) is 36.8 Å². The molecule has 0 aliphatic carbocycles. The van der Waals surface area contributed by atoms with Crippen LogP contribution in [0.15, 0.2) is 63.9 Å². The number of carbonyl (C=O) groups is 1. The highest BCUT2D eigenvalue weighted by molar-refractivity contribution is 7.89. The second kappa shape index (κ2) is 8.72. The Morgan fingerprint density at radius 3 is 2.68 bits per heavy atom. The first-order chi connectivity index (χ1) is 14.9. The summed E-state index contributed by atoms with van der Waals surface area (Å²) in [6.07, 6.45) is 2.02. The number of furan rings is 1. The molecule has 1 saturated heterocycles. The number of amides is 1. The van der Waals surface area contributed by atoms with Crippen LogP contribution in [-0.4, -0.2) is 38.3 Å². The van der Waals surface area contributed by atoms with Gasteiger partial charge in [0, 0.05) is 11.9 Å². The van der Waals surface area contributed by atoms with Crippen molar-refractivity contribution in [1.29, 1.82) is 0 Å². The third kappa shape index (κ3) is 4.18. The zero-order chi connectivity index (χ0) is 22.0. The van der Waals surface area contributed by atoms with E-state index < -0.39 is 22.1 Å². The Morgan fingerprint density at radius 1 is 1.16 bits per heavy atom. The van der Waals surface area contributed by atoms with Gasteiger partial charge in [-0.15, -0.1) is 0 Å². The molecule has 4 rings (SSSR count). The number of fused-ring (bicyclic) bond motifs is 1. The molecule has 0 radical (unpaired) electrons. The predicted molar refractivity (Wildman–Crippen MR) is 117 cm³/mol. The van der Waals surface area contributed by atoms with Gasteiger partial charge >= 0.3 is 0 Å². The molecule has 2 aromatic carbocycles. The van der Waals surface area contributed by atoms with Crippen LogP contribution < -0.4 is 10.1 Å². The molecule has 2 atom stereocenters. The van der Waals surface area contributed by atoms with E-state index in [1.54, 1.807) is 37.4 Å². The molecule has 0 bridgehead atoms. The quantitative estimate of drug-likeness (QED) is 0.626.